The summed E-state index contributed by atoms with van der Waals surface area (Å²) in [7, 11) is 1.86. The standard InChI is InChI=1S/C33H38F2N6O2/c1-18-19-7-8-21-14-30(41(28(21)13-19)11-5-3-4-6-20-12-22(20)32(42)37-18)31-38-26-15-23(25(35)16-29(26)40(31)2)33(43)39-27-17-36-10-9-24(27)34/h7-8,13-16,18,20,22,24,27,36H,3-6,9-12,17H2,1-2H3,(H,37,42)(H,39,43)/t18-,20-,22-,24+,27+/m1/s1. The van der Waals surface area contributed by atoms with Gasteiger partial charge in [0.2, 0.25) is 5.91 Å². The van der Waals surface area contributed by atoms with Crippen molar-refractivity contribution in [2.24, 2.45) is 18.9 Å². The summed E-state index contributed by atoms with van der Waals surface area (Å²) in [5.41, 5.74) is 3.95. The third kappa shape index (κ3) is 5.19. The third-order valence-corrected chi connectivity index (χ3v) is 9.66. The van der Waals surface area contributed by atoms with Gasteiger partial charge in [-0.2, -0.15) is 0 Å². The number of fused-ring (bicyclic) bond motifs is 3. The van der Waals surface area contributed by atoms with Gasteiger partial charge in [0, 0.05) is 43.0 Å². The van der Waals surface area contributed by atoms with Gasteiger partial charge in [-0.05, 0) is 68.8 Å². The summed E-state index contributed by atoms with van der Waals surface area (Å²) < 4.78 is 33.8. The Morgan fingerprint density at radius 2 is 1.95 bits per heavy atom. The van der Waals surface area contributed by atoms with Gasteiger partial charge in [-0.25, -0.2) is 13.8 Å². The van der Waals surface area contributed by atoms with Gasteiger partial charge in [-0.15, -0.1) is 0 Å². The molecule has 226 valence electrons. The van der Waals surface area contributed by atoms with E-state index < -0.39 is 23.9 Å². The molecule has 10 heteroatoms. The Kier molecular flexibility index (Phi) is 7.19. The molecule has 4 aromatic rings. The van der Waals surface area contributed by atoms with Crippen LogP contribution in [0.25, 0.3) is 33.5 Å². The Morgan fingerprint density at radius 3 is 2.79 bits per heavy atom. The number of halogens is 2. The molecule has 3 aliphatic rings. The number of amides is 2. The maximum absolute atomic E-state index is 15.3. The first-order valence-electron chi connectivity index (χ1n) is 15.5. The lowest BCUT2D eigenvalue weighted by molar-refractivity contribution is -0.123. The molecule has 4 heterocycles. The van der Waals surface area contributed by atoms with Gasteiger partial charge >= 0.3 is 0 Å². The van der Waals surface area contributed by atoms with Crippen molar-refractivity contribution in [2.45, 2.75) is 70.2 Å². The number of alkyl halides is 1. The van der Waals surface area contributed by atoms with Crippen molar-refractivity contribution in [3.63, 3.8) is 0 Å². The second-order valence-corrected chi connectivity index (χ2v) is 12.6. The van der Waals surface area contributed by atoms with Crippen LogP contribution in [-0.4, -0.2) is 51.2 Å². The largest absolute Gasteiger partial charge is 0.349 e. The van der Waals surface area contributed by atoms with Crippen LogP contribution in [0.15, 0.2) is 36.4 Å². The number of hydrogen-bond donors (Lipinski definition) is 3. The highest BCUT2D eigenvalue weighted by molar-refractivity contribution is 5.98. The molecule has 2 amide bonds. The molecule has 2 bridgehead atoms. The van der Waals surface area contributed by atoms with E-state index in [2.05, 4.69) is 44.8 Å². The molecule has 43 heavy (non-hydrogen) atoms. The van der Waals surface area contributed by atoms with Crippen LogP contribution in [0.2, 0.25) is 0 Å². The molecule has 2 aliphatic heterocycles. The number of nitrogens with zero attached hydrogens (tertiary/aromatic N) is 3. The van der Waals surface area contributed by atoms with E-state index in [0.717, 1.165) is 60.8 Å². The van der Waals surface area contributed by atoms with E-state index in [-0.39, 0.29) is 23.4 Å². The normalized spacial score (nSPS) is 26.2. The summed E-state index contributed by atoms with van der Waals surface area (Å²) in [6, 6.07) is 10.4. The molecule has 1 aliphatic carbocycles. The molecule has 3 N–H and O–H groups in total. The Bertz CT molecular complexity index is 1730. The average Bonchev–Trinajstić information content (AvgIpc) is 3.59. The van der Waals surface area contributed by atoms with Gasteiger partial charge in [-0.1, -0.05) is 25.0 Å². The third-order valence-electron chi connectivity index (χ3n) is 9.66. The summed E-state index contributed by atoms with van der Waals surface area (Å²) in [6.07, 6.45) is 4.37. The molecule has 1 saturated carbocycles. The molecule has 1 saturated heterocycles. The topological polar surface area (TPSA) is 93.0 Å². The van der Waals surface area contributed by atoms with Crippen molar-refractivity contribution in [1.29, 1.82) is 0 Å². The number of hydrogen-bond acceptors (Lipinski definition) is 4. The average molecular weight is 589 g/mol. The van der Waals surface area contributed by atoms with Crippen molar-refractivity contribution < 1.29 is 18.4 Å². The molecular formula is C33H38F2N6O2. The van der Waals surface area contributed by atoms with Gasteiger partial charge < -0.3 is 25.1 Å². The van der Waals surface area contributed by atoms with E-state index in [1.807, 2.05) is 18.5 Å². The zero-order valence-corrected chi connectivity index (χ0v) is 24.6. The first kappa shape index (κ1) is 28.0. The van der Waals surface area contributed by atoms with Crippen LogP contribution in [0.1, 0.15) is 67.4 Å². The van der Waals surface area contributed by atoms with Gasteiger partial charge in [0.1, 0.15) is 12.0 Å². The van der Waals surface area contributed by atoms with Gasteiger partial charge in [-0.3, -0.25) is 9.59 Å². The van der Waals surface area contributed by atoms with Crippen LogP contribution >= 0.6 is 0 Å². The minimum atomic E-state index is -1.17. The van der Waals surface area contributed by atoms with Crippen molar-refractivity contribution in [2.75, 3.05) is 13.1 Å². The van der Waals surface area contributed by atoms with E-state index in [1.54, 1.807) is 0 Å². The Morgan fingerprint density at radius 1 is 1.09 bits per heavy atom. The zero-order chi connectivity index (χ0) is 29.8. The van der Waals surface area contributed by atoms with E-state index >= 15 is 4.39 Å². The fraction of sp³-hybridized carbons (Fsp3) is 0.485. The number of piperidine rings is 1. The number of benzene rings is 2. The second kappa shape index (κ2) is 11.0. The summed E-state index contributed by atoms with van der Waals surface area (Å²) >= 11 is 0. The number of aryl methyl sites for hydroxylation is 2. The maximum Gasteiger partial charge on any atom is 0.254 e. The first-order valence-corrected chi connectivity index (χ1v) is 15.5. The van der Waals surface area contributed by atoms with Crippen molar-refractivity contribution in [3.8, 4) is 11.5 Å². The van der Waals surface area contributed by atoms with Gasteiger partial charge in [0.05, 0.1) is 34.4 Å². The number of nitrogens with one attached hydrogen (secondary N) is 3. The fourth-order valence-electron chi connectivity index (χ4n) is 6.94. The summed E-state index contributed by atoms with van der Waals surface area (Å²) in [5, 5.41) is 10.0. The molecule has 0 spiro atoms. The predicted molar refractivity (Wildman–Crippen MR) is 162 cm³/mol. The summed E-state index contributed by atoms with van der Waals surface area (Å²) in [5.74, 6) is 0.179. The van der Waals surface area contributed by atoms with Crippen molar-refractivity contribution >= 4 is 33.8 Å². The van der Waals surface area contributed by atoms with Gasteiger partial charge in [0.15, 0.2) is 5.82 Å². The Balaban J connectivity index is 1.25. The molecule has 2 aromatic carbocycles. The second-order valence-electron chi connectivity index (χ2n) is 12.6. The molecule has 5 atom stereocenters. The number of carbonyl (C=O) groups is 2. The highest BCUT2D eigenvalue weighted by Gasteiger charge is 2.42. The molecular weight excluding hydrogens is 550 g/mol. The monoisotopic (exact) mass is 588 g/mol. The molecule has 2 fully saturated rings. The van der Waals surface area contributed by atoms with Crippen LogP contribution in [0.4, 0.5) is 8.78 Å². The van der Waals surface area contributed by atoms with Crippen LogP contribution in [0.5, 0.6) is 0 Å². The van der Waals surface area contributed by atoms with E-state index in [4.69, 9.17) is 4.98 Å². The minimum Gasteiger partial charge on any atom is -0.349 e. The first-order chi connectivity index (χ1) is 20.8. The lowest BCUT2D eigenvalue weighted by atomic mass is 10.0. The molecule has 7 rings (SSSR count). The van der Waals surface area contributed by atoms with Crippen LogP contribution in [-0.2, 0) is 18.4 Å². The molecule has 0 radical (unpaired) electrons. The summed E-state index contributed by atoms with van der Waals surface area (Å²) in [4.78, 5) is 30.7. The van der Waals surface area contributed by atoms with Crippen molar-refractivity contribution in [3.05, 3.63) is 53.3 Å². The minimum absolute atomic E-state index is 0.103. The van der Waals surface area contributed by atoms with Crippen LogP contribution in [0, 0.1) is 17.7 Å². The zero-order valence-electron chi connectivity index (χ0n) is 24.6. The lowest BCUT2D eigenvalue weighted by Crippen LogP contribution is -2.52. The van der Waals surface area contributed by atoms with E-state index in [9.17, 15) is 14.0 Å². The van der Waals surface area contributed by atoms with E-state index in [0.29, 0.717) is 42.3 Å². The molecule has 0 unspecified atom stereocenters. The smallest absolute Gasteiger partial charge is 0.254 e. The quantitative estimate of drug-likeness (QED) is 0.309. The SMILES string of the molecule is C[C@H]1NC(=O)[C@@H]2C[C@H]2CCCCCn2c(-c3nc4cc(C(=O)N[C@H]5CNCC[C@@H]5F)c(F)cc4n3C)cc3ccc1cc32. The number of aromatic nitrogens is 3. The molecule has 8 nitrogen and oxygen atoms in total. The van der Waals surface area contributed by atoms with Crippen molar-refractivity contribution in [1.82, 2.24) is 30.1 Å². The predicted octanol–water partition coefficient (Wildman–Crippen LogP) is 5.15. The van der Waals surface area contributed by atoms with Gasteiger partial charge in [0.25, 0.3) is 5.91 Å². The van der Waals surface area contributed by atoms with Crippen LogP contribution < -0.4 is 16.0 Å². The highest BCUT2D eigenvalue weighted by Crippen LogP contribution is 2.43. The number of imidazole rings is 1. The number of carbonyl (C=O) groups excluding carboxylic acids is 2. The fourth-order valence-corrected chi connectivity index (χ4v) is 6.94. The Hall–Kier alpha value is -3.79. The Labute approximate surface area is 249 Å². The maximum atomic E-state index is 15.3. The summed E-state index contributed by atoms with van der Waals surface area (Å²) in [6.45, 7) is 3.70. The van der Waals surface area contributed by atoms with Crippen LogP contribution in [0.3, 0.4) is 0 Å². The lowest BCUT2D eigenvalue weighted by Gasteiger charge is -2.27. The number of rotatable bonds is 3. The highest BCUT2D eigenvalue weighted by atomic mass is 19.1. The molecule has 2 aromatic heterocycles. The van der Waals surface area contributed by atoms with E-state index in [1.165, 1.54) is 12.1 Å².